The normalized spacial score (nSPS) is 15.0. The van der Waals surface area contributed by atoms with Crippen LogP contribution in [0.3, 0.4) is 0 Å². The van der Waals surface area contributed by atoms with Crippen LogP contribution in [0, 0.1) is 0 Å². The van der Waals surface area contributed by atoms with Gasteiger partial charge >= 0.3 is 0 Å². The lowest BCUT2D eigenvalue weighted by Crippen LogP contribution is -1.91. The van der Waals surface area contributed by atoms with Gasteiger partial charge in [0.2, 0.25) is 0 Å². The van der Waals surface area contributed by atoms with Crippen LogP contribution in [0.15, 0.2) is 120 Å². The van der Waals surface area contributed by atoms with E-state index in [1.807, 2.05) is 66.7 Å². The standard InChI is InChI=1S/C30H19Br/c31-30-25-16-8-6-14-23(25)29(24-15-7-9-17-26(24)30)28-19-22-13-5-4-12-21(22)18-27(28)20-10-2-1-3-11-20/h1-19H/i6D,7D,8D,9D,14D,15D,16D,17D. The maximum atomic E-state index is 8.94. The van der Waals surface area contributed by atoms with Crippen LogP contribution in [0.25, 0.3) is 54.6 Å². The fraction of sp³-hybridized carbons (Fsp3) is 0. The molecular formula is C30H19Br. The van der Waals surface area contributed by atoms with Crippen molar-refractivity contribution in [1.82, 2.24) is 0 Å². The average Bonchev–Trinajstić information content (AvgIpc) is 2.95. The van der Waals surface area contributed by atoms with Crippen molar-refractivity contribution < 1.29 is 11.0 Å². The number of halogens is 1. The SMILES string of the molecule is [2H]c1c([2H])c([2H])c2c(-c3cc4ccccc4cc3-c3ccccc3)c3c([2H])c([2H])c([2H])c([2H])c3c(Br)c2c1[2H]. The van der Waals surface area contributed by atoms with E-state index in [9.17, 15) is 0 Å². The zero-order chi connectivity index (χ0) is 27.7. The molecule has 0 fully saturated rings. The fourth-order valence-corrected chi connectivity index (χ4v) is 4.75. The highest BCUT2D eigenvalue weighted by molar-refractivity contribution is 9.10. The number of fused-ring (bicyclic) bond motifs is 3. The lowest BCUT2D eigenvalue weighted by Gasteiger charge is -2.18. The quantitative estimate of drug-likeness (QED) is 0.223. The first-order valence-electron chi connectivity index (χ1n) is 13.8. The van der Waals surface area contributed by atoms with Crippen LogP contribution in [0.2, 0.25) is 0 Å². The minimum atomic E-state index is -0.416. The summed E-state index contributed by atoms with van der Waals surface area (Å²) in [7, 11) is 0. The zero-order valence-electron chi connectivity index (χ0n) is 24.2. The molecule has 31 heavy (non-hydrogen) atoms. The van der Waals surface area contributed by atoms with Crippen LogP contribution in [0.5, 0.6) is 0 Å². The molecular weight excluding hydrogens is 440 g/mol. The highest BCUT2D eigenvalue weighted by Gasteiger charge is 2.17. The van der Waals surface area contributed by atoms with E-state index in [1.165, 1.54) is 0 Å². The first kappa shape index (κ1) is 11.8. The van der Waals surface area contributed by atoms with Gasteiger partial charge in [-0.1, -0.05) is 103 Å². The van der Waals surface area contributed by atoms with E-state index in [1.54, 1.807) is 0 Å². The molecule has 0 aliphatic carbocycles. The predicted octanol–water partition coefficient (Wildman–Crippen LogP) is 9.24. The van der Waals surface area contributed by atoms with Crippen molar-refractivity contribution in [3.05, 3.63) is 120 Å². The van der Waals surface area contributed by atoms with Crippen LogP contribution in [-0.2, 0) is 0 Å². The Hall–Kier alpha value is -3.42. The Kier molecular flexibility index (Phi) is 2.81. The van der Waals surface area contributed by atoms with Crippen molar-refractivity contribution in [3.8, 4) is 22.3 Å². The molecule has 146 valence electrons. The molecule has 0 aliphatic rings. The Morgan fingerprint density at radius 3 is 1.61 bits per heavy atom. The third-order valence-corrected chi connectivity index (χ3v) is 6.35. The largest absolute Gasteiger partial charge is 0.0630 e. The van der Waals surface area contributed by atoms with Gasteiger partial charge in [0, 0.05) is 4.47 Å². The monoisotopic (exact) mass is 466 g/mol. The van der Waals surface area contributed by atoms with E-state index in [-0.39, 0.29) is 50.2 Å². The molecule has 6 aromatic rings. The predicted molar refractivity (Wildman–Crippen MR) is 138 cm³/mol. The van der Waals surface area contributed by atoms with Crippen molar-refractivity contribution in [2.24, 2.45) is 0 Å². The van der Waals surface area contributed by atoms with E-state index in [0.717, 1.165) is 21.9 Å². The second-order valence-corrected chi connectivity index (χ2v) is 8.09. The number of rotatable bonds is 2. The van der Waals surface area contributed by atoms with Gasteiger partial charge in [-0.3, -0.25) is 0 Å². The van der Waals surface area contributed by atoms with Gasteiger partial charge in [0.25, 0.3) is 0 Å². The summed E-state index contributed by atoms with van der Waals surface area (Å²) in [5.74, 6) is 0. The van der Waals surface area contributed by atoms with Crippen molar-refractivity contribution in [1.29, 1.82) is 0 Å². The molecule has 0 nitrogen and oxygen atoms in total. The van der Waals surface area contributed by atoms with Gasteiger partial charge in [-0.2, -0.15) is 0 Å². The molecule has 0 saturated heterocycles. The summed E-state index contributed by atoms with van der Waals surface area (Å²) in [6, 6.07) is 18.6. The lowest BCUT2D eigenvalue weighted by atomic mass is 9.86. The van der Waals surface area contributed by atoms with E-state index in [4.69, 9.17) is 11.0 Å². The Labute approximate surface area is 201 Å². The highest BCUT2D eigenvalue weighted by atomic mass is 79.9. The second-order valence-electron chi connectivity index (χ2n) is 7.30. The van der Waals surface area contributed by atoms with Crippen LogP contribution < -0.4 is 0 Å². The van der Waals surface area contributed by atoms with Gasteiger partial charge in [0.05, 0.1) is 11.0 Å². The summed E-state index contributed by atoms with van der Waals surface area (Å²) in [5, 5.41) is 2.57. The molecule has 0 aromatic heterocycles. The van der Waals surface area contributed by atoms with E-state index in [2.05, 4.69) is 15.9 Å². The zero-order valence-corrected chi connectivity index (χ0v) is 17.8. The minimum Gasteiger partial charge on any atom is -0.0622 e. The first-order chi connectivity index (χ1) is 18.6. The molecule has 0 bridgehead atoms. The van der Waals surface area contributed by atoms with Gasteiger partial charge < -0.3 is 0 Å². The molecule has 0 heterocycles. The van der Waals surface area contributed by atoms with Crippen molar-refractivity contribution in [3.63, 3.8) is 0 Å². The van der Waals surface area contributed by atoms with E-state index >= 15 is 0 Å². The van der Waals surface area contributed by atoms with Gasteiger partial charge in [0.15, 0.2) is 0 Å². The Morgan fingerprint density at radius 1 is 0.548 bits per heavy atom. The van der Waals surface area contributed by atoms with Crippen molar-refractivity contribution >= 4 is 48.2 Å². The molecule has 1 heteroatoms. The Balaban J connectivity index is 1.99. The maximum Gasteiger partial charge on any atom is 0.0630 e. The summed E-state index contributed by atoms with van der Waals surface area (Å²) in [6.07, 6.45) is 0. The third-order valence-electron chi connectivity index (χ3n) is 5.55. The van der Waals surface area contributed by atoms with Crippen LogP contribution in [0.4, 0.5) is 0 Å². The maximum absolute atomic E-state index is 8.94. The van der Waals surface area contributed by atoms with Crippen LogP contribution >= 0.6 is 15.9 Å². The summed E-state index contributed by atoms with van der Waals surface area (Å²) in [4.78, 5) is 0. The topological polar surface area (TPSA) is 0 Å². The summed E-state index contributed by atoms with van der Waals surface area (Å²) < 4.78 is 69.2. The highest BCUT2D eigenvalue weighted by Crippen LogP contribution is 2.45. The third kappa shape index (κ3) is 2.97. The molecule has 6 aromatic carbocycles. The van der Waals surface area contributed by atoms with Gasteiger partial charge in [-0.05, 0) is 82.6 Å². The molecule has 0 atom stereocenters. The van der Waals surface area contributed by atoms with E-state index in [0.29, 0.717) is 11.1 Å². The molecule has 0 radical (unpaired) electrons. The number of hydrogen-bond acceptors (Lipinski definition) is 0. The molecule has 0 unspecified atom stereocenters. The molecule has 0 saturated carbocycles. The summed E-state index contributed by atoms with van der Waals surface area (Å²) in [5.41, 5.74) is 2.59. The minimum absolute atomic E-state index is 0.167. The lowest BCUT2D eigenvalue weighted by molar-refractivity contribution is 1.63. The van der Waals surface area contributed by atoms with Crippen LogP contribution in [0.1, 0.15) is 11.0 Å². The van der Waals surface area contributed by atoms with Gasteiger partial charge in [-0.15, -0.1) is 0 Å². The van der Waals surface area contributed by atoms with Gasteiger partial charge in [-0.25, -0.2) is 0 Å². The van der Waals surface area contributed by atoms with Crippen molar-refractivity contribution in [2.45, 2.75) is 0 Å². The van der Waals surface area contributed by atoms with Gasteiger partial charge in [0.1, 0.15) is 0 Å². The average molecular weight is 467 g/mol. The van der Waals surface area contributed by atoms with E-state index < -0.39 is 24.2 Å². The fourth-order valence-electron chi connectivity index (χ4n) is 4.15. The molecule has 0 spiro atoms. The summed E-state index contributed by atoms with van der Waals surface area (Å²) >= 11 is 3.48. The Bertz CT molecular complexity index is 1920. The number of hydrogen-bond donors (Lipinski definition) is 0. The molecule has 6 rings (SSSR count). The second kappa shape index (κ2) is 7.37. The smallest absolute Gasteiger partial charge is 0.0622 e. The molecule has 0 aliphatic heterocycles. The molecule has 0 amide bonds. The van der Waals surface area contributed by atoms with Crippen molar-refractivity contribution in [2.75, 3.05) is 0 Å². The van der Waals surface area contributed by atoms with Crippen LogP contribution in [-0.4, -0.2) is 0 Å². The Morgan fingerprint density at radius 2 is 1.03 bits per heavy atom. The number of benzene rings is 6. The first-order valence-corrected chi connectivity index (χ1v) is 10.6. The summed E-state index contributed by atoms with van der Waals surface area (Å²) in [6.45, 7) is 0. The molecule has 0 N–H and O–H groups in total.